The highest BCUT2D eigenvalue weighted by atomic mass is 28.3. The number of ether oxygens (including phenoxy) is 4. The molecule has 0 aliphatic rings. The Labute approximate surface area is 247 Å². The Morgan fingerprint density at radius 1 is 1.02 bits per heavy atom. The van der Waals surface area contributed by atoms with Crippen LogP contribution in [0.4, 0.5) is 22.0 Å². The maximum absolute atomic E-state index is 13.5. The average molecular weight is 632 g/mol. The number of methoxy groups -OCH3 is 1. The molecular weight excluding hydrogens is 597 g/mol. The van der Waals surface area contributed by atoms with Gasteiger partial charge in [-0.1, -0.05) is 19.2 Å². The largest absolute Gasteiger partial charge is 0.476 e. The topological polar surface area (TPSA) is 110 Å². The van der Waals surface area contributed by atoms with Gasteiger partial charge in [0.25, 0.3) is 0 Å². The first-order chi connectivity index (χ1) is 20.0. The van der Waals surface area contributed by atoms with Gasteiger partial charge in [-0.25, -0.2) is 4.98 Å². The number of hydrogen-bond donors (Lipinski definition) is 0. The summed E-state index contributed by atoms with van der Waals surface area (Å²) in [4.78, 5) is 24.5. The van der Waals surface area contributed by atoms with E-state index >= 15 is 0 Å². The summed E-state index contributed by atoms with van der Waals surface area (Å²) in [7, 11) is 0.380. The second kappa shape index (κ2) is 13.8. The van der Waals surface area contributed by atoms with Crippen molar-refractivity contribution in [1.82, 2.24) is 24.7 Å². The maximum atomic E-state index is 13.5. The molecule has 0 aromatic carbocycles. The highest BCUT2D eigenvalue weighted by Crippen LogP contribution is 2.36. The second-order valence-corrected chi connectivity index (χ2v) is 14.2. The molecule has 0 aliphatic carbocycles. The standard InChI is InChI=1S/C27H34F5N5O5Si/c1-17-11-21(41-14-25(2,3)23(38)39-4)34-13-19(17)18-7-8-20(33-12-18)22-35-24(42-15-26(28,29)27(30,31)32)37(36-22)16-40-9-10-43(5)6/h7-8,11-13,43H,9-10,14-16H2,1-6H3. The number of aromatic nitrogens is 5. The molecule has 0 aliphatic heterocycles. The van der Waals surface area contributed by atoms with Crippen LogP contribution in [0.1, 0.15) is 19.4 Å². The quantitative estimate of drug-likeness (QED) is 0.101. The molecule has 16 heteroatoms. The number of esters is 1. The highest BCUT2D eigenvalue weighted by molar-refractivity contribution is 6.55. The van der Waals surface area contributed by atoms with Gasteiger partial charge in [0.05, 0.1) is 12.5 Å². The van der Waals surface area contributed by atoms with E-state index in [2.05, 4.69) is 33.1 Å². The van der Waals surface area contributed by atoms with Gasteiger partial charge in [-0.15, -0.1) is 5.10 Å². The SMILES string of the molecule is COC(=O)C(C)(C)COc1cc(C)c(-c2ccc(-c3nc(OCC(F)(F)C(F)(F)F)n(COCC[SiH](C)C)n3)nc2)cn1. The van der Waals surface area contributed by atoms with Crippen LogP contribution >= 0.6 is 0 Å². The molecule has 43 heavy (non-hydrogen) atoms. The smallest absolute Gasteiger partial charge is 0.456 e. The summed E-state index contributed by atoms with van der Waals surface area (Å²) in [6.45, 7) is 7.67. The lowest BCUT2D eigenvalue weighted by Gasteiger charge is -2.21. The molecule has 0 amide bonds. The first-order valence-corrected chi connectivity index (χ1v) is 16.4. The summed E-state index contributed by atoms with van der Waals surface area (Å²) in [6, 6.07) is 5.26. The molecule has 0 saturated heterocycles. The van der Waals surface area contributed by atoms with E-state index in [1.165, 1.54) is 13.3 Å². The molecule has 0 unspecified atom stereocenters. The van der Waals surface area contributed by atoms with Crippen molar-refractivity contribution < 1.29 is 45.7 Å². The maximum Gasteiger partial charge on any atom is 0.456 e. The van der Waals surface area contributed by atoms with Crippen LogP contribution in [0.25, 0.3) is 22.6 Å². The van der Waals surface area contributed by atoms with Crippen LogP contribution in [0.5, 0.6) is 11.9 Å². The van der Waals surface area contributed by atoms with Crippen LogP contribution in [0.3, 0.4) is 0 Å². The monoisotopic (exact) mass is 631 g/mol. The Balaban J connectivity index is 1.78. The molecule has 0 saturated carbocycles. The van der Waals surface area contributed by atoms with Gasteiger partial charge in [0, 0.05) is 45.0 Å². The summed E-state index contributed by atoms with van der Waals surface area (Å²) in [5.41, 5.74) is 1.57. The fourth-order valence-corrected chi connectivity index (χ4v) is 4.16. The number of hydrogen-bond acceptors (Lipinski definition) is 9. The lowest BCUT2D eigenvalue weighted by Crippen LogP contribution is -2.42. The number of halogens is 5. The molecule has 0 fully saturated rings. The zero-order valence-electron chi connectivity index (χ0n) is 24.7. The van der Waals surface area contributed by atoms with E-state index in [0.717, 1.165) is 21.9 Å². The van der Waals surface area contributed by atoms with Crippen molar-refractivity contribution in [2.75, 3.05) is 26.9 Å². The number of rotatable bonds is 14. The van der Waals surface area contributed by atoms with E-state index in [-0.39, 0.29) is 24.9 Å². The third-order valence-corrected chi connectivity index (χ3v) is 7.59. The Bertz CT molecular complexity index is 1380. The summed E-state index contributed by atoms with van der Waals surface area (Å²) >= 11 is 0. The summed E-state index contributed by atoms with van der Waals surface area (Å²) < 4.78 is 86.7. The van der Waals surface area contributed by atoms with Crippen LogP contribution in [0.15, 0.2) is 30.6 Å². The molecular formula is C27H34F5N5O5Si. The Hall–Kier alpha value is -3.66. The molecule has 3 rings (SSSR count). The summed E-state index contributed by atoms with van der Waals surface area (Å²) in [6.07, 6.45) is -2.68. The van der Waals surface area contributed by atoms with Gasteiger partial charge in [0.15, 0.2) is 6.61 Å². The zero-order chi connectivity index (χ0) is 32.0. The van der Waals surface area contributed by atoms with E-state index < -0.39 is 44.9 Å². The first kappa shape index (κ1) is 33.8. The van der Waals surface area contributed by atoms with Gasteiger partial charge >= 0.3 is 24.1 Å². The number of pyridine rings is 2. The minimum absolute atomic E-state index is 0.0504. The van der Waals surface area contributed by atoms with Crippen LogP contribution < -0.4 is 9.47 Å². The average Bonchev–Trinajstić information content (AvgIpc) is 3.35. The number of alkyl halides is 5. The minimum atomic E-state index is -5.78. The molecule has 0 spiro atoms. The number of aryl methyl sites for hydroxylation is 1. The predicted octanol–water partition coefficient (Wildman–Crippen LogP) is 5.33. The molecule has 0 atom stereocenters. The molecule has 3 heterocycles. The summed E-state index contributed by atoms with van der Waals surface area (Å²) in [5.74, 6) is -5.23. The van der Waals surface area contributed by atoms with Crippen molar-refractivity contribution in [3.8, 4) is 34.5 Å². The number of nitrogens with zero attached hydrogens (tertiary/aromatic N) is 5. The van der Waals surface area contributed by atoms with Gasteiger partial charge in [-0.05, 0) is 38.4 Å². The normalized spacial score (nSPS) is 12.5. The Morgan fingerprint density at radius 3 is 2.33 bits per heavy atom. The molecule has 3 aromatic heterocycles. The predicted molar refractivity (Wildman–Crippen MR) is 149 cm³/mol. The molecule has 3 aromatic rings. The van der Waals surface area contributed by atoms with Crippen LogP contribution in [-0.4, -0.2) is 78.5 Å². The summed E-state index contributed by atoms with van der Waals surface area (Å²) in [5, 5.41) is 4.17. The van der Waals surface area contributed by atoms with Gasteiger partial charge in [-0.3, -0.25) is 9.78 Å². The lowest BCUT2D eigenvalue weighted by molar-refractivity contribution is -0.290. The second-order valence-electron chi connectivity index (χ2n) is 10.9. The van der Waals surface area contributed by atoms with Gasteiger partial charge in [-0.2, -0.15) is 31.6 Å². The molecule has 0 bridgehead atoms. The van der Waals surface area contributed by atoms with E-state index in [0.29, 0.717) is 18.1 Å². The van der Waals surface area contributed by atoms with E-state index in [1.54, 1.807) is 38.2 Å². The van der Waals surface area contributed by atoms with Gasteiger partial charge < -0.3 is 18.9 Å². The number of carbonyl (C=O) groups is 1. The van der Waals surface area contributed by atoms with Crippen molar-refractivity contribution in [3.05, 3.63) is 36.2 Å². The van der Waals surface area contributed by atoms with Gasteiger partial charge in [0.1, 0.15) is 19.0 Å². The fourth-order valence-electron chi connectivity index (χ4n) is 3.52. The van der Waals surface area contributed by atoms with Crippen molar-refractivity contribution in [2.24, 2.45) is 5.41 Å². The lowest BCUT2D eigenvalue weighted by atomic mass is 9.95. The van der Waals surface area contributed by atoms with E-state index in [1.807, 2.05) is 6.92 Å². The van der Waals surface area contributed by atoms with Crippen molar-refractivity contribution in [1.29, 1.82) is 0 Å². The minimum Gasteiger partial charge on any atom is -0.476 e. The van der Waals surface area contributed by atoms with E-state index in [4.69, 9.17) is 18.9 Å². The highest BCUT2D eigenvalue weighted by Gasteiger charge is 2.58. The van der Waals surface area contributed by atoms with Crippen LogP contribution in [0.2, 0.25) is 19.1 Å². The van der Waals surface area contributed by atoms with Crippen molar-refractivity contribution in [2.45, 2.75) is 58.7 Å². The first-order valence-electron chi connectivity index (χ1n) is 13.3. The van der Waals surface area contributed by atoms with Crippen LogP contribution in [0, 0.1) is 12.3 Å². The zero-order valence-corrected chi connectivity index (χ0v) is 25.8. The number of carbonyl (C=O) groups excluding carboxylic acids is 1. The molecule has 10 nitrogen and oxygen atoms in total. The van der Waals surface area contributed by atoms with Crippen LogP contribution in [-0.2, 0) is 21.0 Å². The molecule has 0 radical (unpaired) electrons. The van der Waals surface area contributed by atoms with E-state index in [9.17, 15) is 26.7 Å². The van der Waals surface area contributed by atoms with Crippen molar-refractivity contribution in [3.63, 3.8) is 0 Å². The van der Waals surface area contributed by atoms with Gasteiger partial charge in [0.2, 0.25) is 11.7 Å². The van der Waals surface area contributed by atoms with Crippen molar-refractivity contribution >= 4 is 14.8 Å². The molecule has 0 N–H and O–H groups in total. The molecule has 236 valence electrons. The third kappa shape index (κ3) is 8.92. The Kier molecular flexibility index (Phi) is 10.8. The fraction of sp³-hybridized carbons (Fsp3) is 0.519. The third-order valence-electron chi connectivity index (χ3n) is 6.20. The Morgan fingerprint density at radius 2 is 1.74 bits per heavy atom.